The van der Waals surface area contributed by atoms with Crippen LogP contribution in [0.4, 0.5) is 16.8 Å². The fourth-order valence-electron chi connectivity index (χ4n) is 1.80. The topological polar surface area (TPSA) is 149 Å². The number of primary amides is 2. The lowest BCUT2D eigenvalue weighted by Gasteiger charge is -2.16. The second-order valence-electron chi connectivity index (χ2n) is 4.79. The molecule has 9 nitrogen and oxygen atoms in total. The normalized spacial score (nSPS) is 11.7. The van der Waals surface area contributed by atoms with E-state index in [4.69, 9.17) is 11.5 Å². The van der Waals surface area contributed by atoms with Gasteiger partial charge in [-0.25, -0.2) is 4.98 Å². The van der Waals surface area contributed by atoms with Crippen LogP contribution >= 0.6 is 11.5 Å². The first-order valence-electron chi connectivity index (χ1n) is 6.83. The van der Waals surface area contributed by atoms with Gasteiger partial charge in [0.25, 0.3) is 5.91 Å². The van der Waals surface area contributed by atoms with Crippen molar-refractivity contribution in [2.75, 3.05) is 10.6 Å². The summed E-state index contributed by atoms with van der Waals surface area (Å²) >= 11 is 1.26. The average Bonchev–Trinajstić information content (AvgIpc) is 2.89. The van der Waals surface area contributed by atoms with Crippen LogP contribution in [0.15, 0.2) is 12.3 Å². The standard InChI is InChI=1S/C13H17N7O2S/c1-3-8(11(15)22)17-12-7(10(14)21)5-16-13(19-12)18-9-4-6(2)20-23-9/h4-5,8H,3H2,1-2H3,(H2,14,21)(H2,15,22)(H2,16,17,18,19)/t8-/m1/s1. The molecular formula is C13H17N7O2S. The van der Waals surface area contributed by atoms with Crippen molar-refractivity contribution in [1.29, 1.82) is 0 Å². The molecule has 10 heteroatoms. The maximum absolute atomic E-state index is 11.5. The molecule has 122 valence electrons. The minimum Gasteiger partial charge on any atom is -0.368 e. The Morgan fingerprint density at radius 1 is 1.39 bits per heavy atom. The quantitative estimate of drug-likeness (QED) is 0.583. The first-order valence-corrected chi connectivity index (χ1v) is 7.61. The third kappa shape index (κ3) is 4.13. The lowest BCUT2D eigenvalue weighted by Crippen LogP contribution is -2.36. The number of nitrogens with zero attached hydrogens (tertiary/aromatic N) is 3. The van der Waals surface area contributed by atoms with Crippen molar-refractivity contribution in [3.05, 3.63) is 23.5 Å². The van der Waals surface area contributed by atoms with Crippen molar-refractivity contribution in [2.24, 2.45) is 11.5 Å². The molecule has 6 N–H and O–H groups in total. The van der Waals surface area contributed by atoms with Gasteiger partial charge in [-0.1, -0.05) is 6.92 Å². The second-order valence-corrected chi connectivity index (χ2v) is 5.59. The van der Waals surface area contributed by atoms with Gasteiger partial charge < -0.3 is 22.1 Å². The Kier molecular flexibility index (Phi) is 5.06. The SMILES string of the molecule is CC[C@@H](Nc1nc(Nc2cc(C)ns2)ncc1C(N)=O)C(N)=O. The molecule has 0 radical (unpaired) electrons. The van der Waals surface area contributed by atoms with Crippen molar-refractivity contribution in [2.45, 2.75) is 26.3 Å². The van der Waals surface area contributed by atoms with Crippen molar-refractivity contribution in [1.82, 2.24) is 14.3 Å². The first kappa shape index (κ1) is 16.6. The molecular weight excluding hydrogens is 318 g/mol. The van der Waals surface area contributed by atoms with Crippen molar-refractivity contribution >= 4 is 40.1 Å². The summed E-state index contributed by atoms with van der Waals surface area (Å²) in [4.78, 5) is 31.1. The maximum Gasteiger partial charge on any atom is 0.254 e. The van der Waals surface area contributed by atoms with Gasteiger partial charge in [0, 0.05) is 6.20 Å². The lowest BCUT2D eigenvalue weighted by molar-refractivity contribution is -0.118. The lowest BCUT2D eigenvalue weighted by atomic mass is 10.2. The summed E-state index contributed by atoms with van der Waals surface area (Å²) in [6.45, 7) is 3.65. The summed E-state index contributed by atoms with van der Waals surface area (Å²) in [6, 6.07) is 1.17. The Labute approximate surface area is 136 Å². The Balaban J connectivity index is 2.31. The highest BCUT2D eigenvalue weighted by Gasteiger charge is 2.18. The van der Waals surface area contributed by atoms with Crippen LogP contribution in [0.1, 0.15) is 29.4 Å². The van der Waals surface area contributed by atoms with Crippen LogP contribution in [0.5, 0.6) is 0 Å². The number of aryl methyl sites for hydroxylation is 1. The fraction of sp³-hybridized carbons (Fsp3) is 0.308. The molecule has 0 spiro atoms. The van der Waals surface area contributed by atoms with Gasteiger partial charge in [-0.05, 0) is 30.9 Å². The molecule has 0 saturated carbocycles. The molecule has 2 aromatic rings. The van der Waals surface area contributed by atoms with E-state index in [1.807, 2.05) is 13.0 Å². The molecule has 2 amide bonds. The number of amides is 2. The second kappa shape index (κ2) is 7.01. The van der Waals surface area contributed by atoms with E-state index in [2.05, 4.69) is 25.0 Å². The van der Waals surface area contributed by atoms with E-state index in [0.717, 1.165) is 10.7 Å². The highest BCUT2D eigenvalue weighted by molar-refractivity contribution is 7.10. The molecule has 1 atom stereocenters. The average molecular weight is 335 g/mol. The van der Waals surface area contributed by atoms with Gasteiger partial charge in [0.05, 0.1) is 11.3 Å². The molecule has 0 saturated heterocycles. The summed E-state index contributed by atoms with van der Waals surface area (Å²) in [5.41, 5.74) is 11.6. The molecule has 0 unspecified atom stereocenters. The van der Waals surface area contributed by atoms with E-state index < -0.39 is 17.9 Å². The third-order valence-electron chi connectivity index (χ3n) is 2.98. The highest BCUT2D eigenvalue weighted by Crippen LogP contribution is 2.21. The van der Waals surface area contributed by atoms with Gasteiger partial charge >= 0.3 is 0 Å². The monoisotopic (exact) mass is 335 g/mol. The van der Waals surface area contributed by atoms with Crippen molar-refractivity contribution in [3.8, 4) is 0 Å². The summed E-state index contributed by atoms with van der Waals surface area (Å²) in [7, 11) is 0. The van der Waals surface area contributed by atoms with Gasteiger partial charge in [0.1, 0.15) is 16.9 Å². The van der Waals surface area contributed by atoms with Gasteiger partial charge in [-0.3, -0.25) is 9.59 Å². The molecule has 2 heterocycles. The fourth-order valence-corrected chi connectivity index (χ4v) is 2.46. The van der Waals surface area contributed by atoms with Crippen molar-refractivity contribution in [3.63, 3.8) is 0 Å². The van der Waals surface area contributed by atoms with Gasteiger partial charge in [-0.15, -0.1) is 0 Å². The molecule has 23 heavy (non-hydrogen) atoms. The summed E-state index contributed by atoms with van der Waals surface area (Å²) < 4.78 is 4.14. The highest BCUT2D eigenvalue weighted by atomic mass is 32.1. The number of rotatable bonds is 7. The predicted molar refractivity (Wildman–Crippen MR) is 87.6 cm³/mol. The molecule has 0 aliphatic rings. The van der Waals surface area contributed by atoms with Crippen LogP contribution in [0.3, 0.4) is 0 Å². The smallest absolute Gasteiger partial charge is 0.254 e. The zero-order valence-electron chi connectivity index (χ0n) is 12.7. The molecule has 0 aliphatic heterocycles. The summed E-state index contributed by atoms with van der Waals surface area (Å²) in [5, 5.41) is 6.56. The van der Waals surface area contributed by atoms with Gasteiger partial charge in [0.2, 0.25) is 11.9 Å². The minimum atomic E-state index is -0.702. The molecule has 0 aromatic carbocycles. The minimum absolute atomic E-state index is 0.0794. The van der Waals surface area contributed by atoms with E-state index in [0.29, 0.717) is 6.42 Å². The molecule has 2 aromatic heterocycles. The predicted octanol–water partition coefficient (Wildman–Crippen LogP) is 0.760. The number of anilines is 3. The third-order valence-corrected chi connectivity index (χ3v) is 3.78. The Hall–Kier alpha value is -2.75. The number of nitrogens with one attached hydrogen (secondary N) is 2. The number of carbonyl (C=O) groups is 2. The Bertz CT molecular complexity index is 731. The molecule has 0 aliphatic carbocycles. The maximum atomic E-state index is 11.5. The van der Waals surface area contributed by atoms with Crippen LogP contribution in [-0.2, 0) is 4.79 Å². The Morgan fingerprint density at radius 3 is 2.65 bits per heavy atom. The van der Waals surface area contributed by atoms with Crippen LogP contribution in [-0.4, -0.2) is 32.2 Å². The number of hydrogen-bond donors (Lipinski definition) is 4. The number of aromatic nitrogens is 3. The summed E-state index contributed by atoms with van der Waals surface area (Å²) in [5.74, 6) is -0.844. The van der Waals surface area contributed by atoms with Crippen LogP contribution in [0, 0.1) is 6.92 Å². The number of carbonyl (C=O) groups excluding carboxylic acids is 2. The van der Waals surface area contributed by atoms with Crippen LogP contribution in [0.25, 0.3) is 0 Å². The number of hydrogen-bond acceptors (Lipinski definition) is 8. The van der Waals surface area contributed by atoms with E-state index in [9.17, 15) is 9.59 Å². The molecule has 2 rings (SSSR count). The van der Waals surface area contributed by atoms with Crippen LogP contribution < -0.4 is 22.1 Å². The Morgan fingerprint density at radius 2 is 2.13 bits per heavy atom. The largest absolute Gasteiger partial charge is 0.368 e. The zero-order chi connectivity index (χ0) is 17.0. The van der Waals surface area contributed by atoms with E-state index in [1.54, 1.807) is 6.92 Å². The first-order chi connectivity index (χ1) is 10.9. The van der Waals surface area contributed by atoms with E-state index in [-0.39, 0.29) is 17.3 Å². The zero-order valence-corrected chi connectivity index (χ0v) is 13.5. The van der Waals surface area contributed by atoms with E-state index in [1.165, 1.54) is 17.7 Å². The van der Waals surface area contributed by atoms with Gasteiger partial charge in [0.15, 0.2) is 0 Å². The molecule has 0 fully saturated rings. The van der Waals surface area contributed by atoms with E-state index >= 15 is 0 Å². The van der Waals surface area contributed by atoms with Crippen LogP contribution in [0.2, 0.25) is 0 Å². The molecule has 0 bridgehead atoms. The van der Waals surface area contributed by atoms with Crippen molar-refractivity contribution < 1.29 is 9.59 Å². The number of nitrogens with two attached hydrogens (primary N) is 2. The summed E-state index contributed by atoms with van der Waals surface area (Å²) in [6.07, 6.45) is 1.73. The van der Waals surface area contributed by atoms with Gasteiger partial charge in [-0.2, -0.15) is 9.36 Å².